The molecule has 2 bridgehead atoms. The van der Waals surface area contributed by atoms with Crippen molar-refractivity contribution >= 4 is 21.6 Å². The smallest absolute Gasteiger partial charge is 0.254 e. The maximum absolute atomic E-state index is 13.1. The number of amides is 1. The monoisotopic (exact) mass is 349 g/mol. The van der Waals surface area contributed by atoms with Crippen molar-refractivity contribution in [2.24, 2.45) is 0 Å². The molecule has 3 aliphatic heterocycles. The lowest BCUT2D eigenvalue weighted by Gasteiger charge is -2.28. The van der Waals surface area contributed by atoms with Gasteiger partial charge in [-0.25, -0.2) is 8.42 Å². The van der Waals surface area contributed by atoms with Gasteiger partial charge in [-0.2, -0.15) is 0 Å². The van der Waals surface area contributed by atoms with E-state index in [4.69, 9.17) is 0 Å². The lowest BCUT2D eigenvalue weighted by atomic mass is 10.1. The summed E-state index contributed by atoms with van der Waals surface area (Å²) < 4.78 is 25.7. The van der Waals surface area contributed by atoms with E-state index < -0.39 is 10.0 Å². The average Bonchev–Trinajstić information content (AvgIpc) is 3.04. The van der Waals surface area contributed by atoms with Crippen LogP contribution in [0.1, 0.15) is 36.0 Å². The number of fused-ring (bicyclic) bond motifs is 2. The van der Waals surface area contributed by atoms with Crippen molar-refractivity contribution < 1.29 is 13.2 Å². The molecule has 4 rings (SSSR count). The van der Waals surface area contributed by atoms with Crippen molar-refractivity contribution in [2.75, 3.05) is 29.7 Å². The zero-order chi connectivity index (χ0) is 16.7. The van der Waals surface area contributed by atoms with E-state index in [1.54, 1.807) is 24.3 Å². The molecule has 1 aromatic carbocycles. The van der Waals surface area contributed by atoms with Gasteiger partial charge in [-0.05, 0) is 50.4 Å². The third kappa shape index (κ3) is 2.69. The minimum absolute atomic E-state index is 0.0321. The van der Waals surface area contributed by atoms with Crippen LogP contribution in [0, 0.1) is 0 Å². The lowest BCUT2D eigenvalue weighted by molar-refractivity contribution is 0.0680. The number of carbonyl (C=O) groups excluding carboxylic acids is 1. The van der Waals surface area contributed by atoms with E-state index in [0.29, 0.717) is 30.3 Å². The van der Waals surface area contributed by atoms with E-state index in [9.17, 15) is 13.2 Å². The van der Waals surface area contributed by atoms with Crippen molar-refractivity contribution in [2.45, 2.75) is 37.8 Å². The molecule has 2 unspecified atom stereocenters. The summed E-state index contributed by atoms with van der Waals surface area (Å²) in [7, 11) is -3.22. The molecule has 0 radical (unpaired) electrons. The molecule has 3 aliphatic rings. The van der Waals surface area contributed by atoms with Gasteiger partial charge < -0.3 is 10.2 Å². The van der Waals surface area contributed by atoms with Gasteiger partial charge in [0.25, 0.3) is 5.91 Å². The number of rotatable bonds is 2. The minimum Gasteiger partial charge on any atom is -0.331 e. The quantitative estimate of drug-likeness (QED) is 0.871. The van der Waals surface area contributed by atoms with Gasteiger partial charge in [0.1, 0.15) is 0 Å². The highest BCUT2D eigenvalue weighted by Gasteiger charge is 2.38. The van der Waals surface area contributed by atoms with E-state index >= 15 is 0 Å². The standard InChI is InChI=1S/C17H23N3O3S/c21-17(20-14-5-6-16(20)12-18-8-7-14)13-3-1-4-15(11-13)19-9-2-10-24(19,22)23/h1,3-4,11,14,16,18H,2,5-10,12H2. The molecule has 1 aromatic rings. The lowest BCUT2D eigenvalue weighted by Crippen LogP contribution is -2.42. The molecule has 24 heavy (non-hydrogen) atoms. The van der Waals surface area contributed by atoms with Crippen LogP contribution in [-0.2, 0) is 10.0 Å². The molecule has 2 atom stereocenters. The number of anilines is 1. The Morgan fingerprint density at radius 1 is 1.17 bits per heavy atom. The molecule has 6 nitrogen and oxygen atoms in total. The topological polar surface area (TPSA) is 69.7 Å². The van der Waals surface area contributed by atoms with Gasteiger partial charge in [-0.15, -0.1) is 0 Å². The Bertz CT molecular complexity index is 735. The number of nitrogens with zero attached hydrogens (tertiary/aromatic N) is 2. The Kier molecular flexibility index (Phi) is 4.00. The van der Waals surface area contributed by atoms with Gasteiger partial charge in [0.2, 0.25) is 10.0 Å². The van der Waals surface area contributed by atoms with Crippen molar-refractivity contribution in [3.8, 4) is 0 Å². The number of hydrogen-bond acceptors (Lipinski definition) is 4. The summed E-state index contributed by atoms with van der Waals surface area (Å²) >= 11 is 0. The number of carbonyl (C=O) groups is 1. The predicted octanol–water partition coefficient (Wildman–Crippen LogP) is 1.19. The molecule has 0 aromatic heterocycles. The normalized spacial score (nSPS) is 28.8. The summed E-state index contributed by atoms with van der Waals surface area (Å²) in [6.45, 7) is 2.30. The van der Waals surface area contributed by atoms with Crippen LogP contribution >= 0.6 is 0 Å². The van der Waals surface area contributed by atoms with Gasteiger partial charge in [0.15, 0.2) is 0 Å². The first-order chi connectivity index (χ1) is 11.6. The molecule has 3 fully saturated rings. The molecule has 3 heterocycles. The van der Waals surface area contributed by atoms with Crippen LogP contribution in [0.2, 0.25) is 0 Å². The van der Waals surface area contributed by atoms with Crippen LogP contribution < -0.4 is 9.62 Å². The van der Waals surface area contributed by atoms with E-state index in [2.05, 4.69) is 5.32 Å². The Hall–Kier alpha value is -1.60. The Labute approximate surface area is 142 Å². The van der Waals surface area contributed by atoms with Gasteiger partial charge in [-0.3, -0.25) is 9.10 Å². The SMILES string of the molecule is O=C(c1cccc(N2CCCS2(=O)=O)c1)N1C2CCNCC1CC2. The number of sulfonamides is 1. The number of benzene rings is 1. The van der Waals surface area contributed by atoms with Gasteiger partial charge in [-0.1, -0.05) is 6.07 Å². The summed E-state index contributed by atoms with van der Waals surface area (Å²) in [5.41, 5.74) is 1.20. The third-order valence-corrected chi connectivity index (χ3v) is 7.24. The highest BCUT2D eigenvalue weighted by molar-refractivity contribution is 7.93. The van der Waals surface area contributed by atoms with Crippen LogP contribution in [-0.4, -0.2) is 56.7 Å². The molecule has 130 valence electrons. The first-order valence-electron chi connectivity index (χ1n) is 8.70. The van der Waals surface area contributed by atoms with E-state index in [1.165, 1.54) is 4.31 Å². The maximum Gasteiger partial charge on any atom is 0.254 e. The summed E-state index contributed by atoms with van der Waals surface area (Å²) in [4.78, 5) is 15.1. The average molecular weight is 349 g/mol. The summed E-state index contributed by atoms with van der Waals surface area (Å²) in [5.74, 6) is 0.220. The van der Waals surface area contributed by atoms with Crippen LogP contribution in [0.5, 0.6) is 0 Å². The van der Waals surface area contributed by atoms with Crippen molar-refractivity contribution in [1.29, 1.82) is 0 Å². The minimum atomic E-state index is -3.22. The highest BCUT2D eigenvalue weighted by Crippen LogP contribution is 2.31. The molecule has 1 amide bonds. The zero-order valence-electron chi connectivity index (χ0n) is 13.6. The second-order valence-electron chi connectivity index (χ2n) is 6.88. The van der Waals surface area contributed by atoms with Crippen LogP contribution in [0.25, 0.3) is 0 Å². The fourth-order valence-corrected chi connectivity index (χ4v) is 5.74. The van der Waals surface area contributed by atoms with Crippen molar-refractivity contribution in [3.05, 3.63) is 29.8 Å². The van der Waals surface area contributed by atoms with Crippen LogP contribution in [0.3, 0.4) is 0 Å². The summed E-state index contributed by atoms with van der Waals surface area (Å²) in [5, 5.41) is 3.40. The third-order valence-electron chi connectivity index (χ3n) is 5.37. The second-order valence-corrected chi connectivity index (χ2v) is 8.90. The van der Waals surface area contributed by atoms with E-state index in [-0.39, 0.29) is 17.7 Å². The molecular weight excluding hydrogens is 326 g/mol. The molecular formula is C17H23N3O3S. The Morgan fingerprint density at radius 3 is 2.79 bits per heavy atom. The Balaban J connectivity index is 1.63. The molecule has 7 heteroatoms. The first kappa shape index (κ1) is 15.9. The van der Waals surface area contributed by atoms with E-state index in [1.807, 2.05) is 4.90 Å². The van der Waals surface area contributed by atoms with Crippen molar-refractivity contribution in [1.82, 2.24) is 10.2 Å². The first-order valence-corrected chi connectivity index (χ1v) is 10.3. The van der Waals surface area contributed by atoms with Crippen LogP contribution in [0.15, 0.2) is 24.3 Å². The van der Waals surface area contributed by atoms with Gasteiger partial charge in [0, 0.05) is 30.7 Å². The molecule has 0 saturated carbocycles. The van der Waals surface area contributed by atoms with Gasteiger partial charge in [0.05, 0.1) is 11.4 Å². The number of hydrogen-bond donors (Lipinski definition) is 1. The van der Waals surface area contributed by atoms with Gasteiger partial charge >= 0.3 is 0 Å². The fraction of sp³-hybridized carbons (Fsp3) is 0.588. The zero-order valence-corrected chi connectivity index (χ0v) is 14.5. The Morgan fingerprint density at radius 2 is 2.00 bits per heavy atom. The molecule has 0 aliphatic carbocycles. The molecule has 3 saturated heterocycles. The maximum atomic E-state index is 13.1. The molecule has 1 N–H and O–H groups in total. The van der Waals surface area contributed by atoms with Crippen LogP contribution in [0.4, 0.5) is 5.69 Å². The summed E-state index contributed by atoms with van der Waals surface area (Å²) in [6.07, 6.45) is 3.74. The van der Waals surface area contributed by atoms with Crippen molar-refractivity contribution in [3.63, 3.8) is 0 Å². The second kappa shape index (κ2) is 6.04. The highest BCUT2D eigenvalue weighted by atomic mass is 32.2. The predicted molar refractivity (Wildman–Crippen MR) is 92.7 cm³/mol. The molecule has 0 spiro atoms. The fourth-order valence-electron chi connectivity index (χ4n) is 4.19. The largest absolute Gasteiger partial charge is 0.331 e. The van der Waals surface area contributed by atoms with E-state index in [0.717, 1.165) is 32.4 Å². The summed E-state index contributed by atoms with van der Waals surface area (Å²) in [6, 6.07) is 7.66. The number of nitrogens with one attached hydrogen (secondary N) is 1.